The highest BCUT2D eigenvalue weighted by atomic mass is 32.1. The van der Waals surface area contributed by atoms with E-state index in [4.69, 9.17) is 0 Å². The van der Waals surface area contributed by atoms with Crippen LogP contribution in [0, 0.1) is 6.92 Å². The number of thiophene rings is 1. The zero-order valence-electron chi connectivity index (χ0n) is 19.0. The van der Waals surface area contributed by atoms with Gasteiger partial charge in [0, 0.05) is 43.4 Å². The Labute approximate surface area is 195 Å². The molecule has 6 heteroatoms. The molecule has 0 unspecified atom stereocenters. The SMILES string of the molecule is Cc1cc(-c2csc(NC(=O)Cc3cccc(CCCN4CCN(C)CC4)c3)c2)ccn1. The smallest absolute Gasteiger partial charge is 0.229 e. The van der Waals surface area contributed by atoms with Gasteiger partial charge in [0.2, 0.25) is 5.91 Å². The van der Waals surface area contributed by atoms with Gasteiger partial charge in [0.15, 0.2) is 0 Å². The summed E-state index contributed by atoms with van der Waals surface area (Å²) in [6.07, 6.45) is 4.43. The zero-order chi connectivity index (χ0) is 22.3. The fourth-order valence-corrected chi connectivity index (χ4v) is 4.94. The molecule has 0 saturated carbocycles. The van der Waals surface area contributed by atoms with E-state index in [9.17, 15) is 4.79 Å². The molecule has 3 heterocycles. The van der Waals surface area contributed by atoms with Gasteiger partial charge in [0.25, 0.3) is 0 Å². The molecule has 1 amide bonds. The van der Waals surface area contributed by atoms with Crippen LogP contribution in [0.25, 0.3) is 11.1 Å². The second kappa shape index (κ2) is 10.9. The van der Waals surface area contributed by atoms with E-state index in [-0.39, 0.29) is 5.91 Å². The van der Waals surface area contributed by atoms with Gasteiger partial charge in [-0.15, -0.1) is 11.3 Å². The summed E-state index contributed by atoms with van der Waals surface area (Å²) in [4.78, 5) is 21.8. The normalized spacial score (nSPS) is 15.1. The topological polar surface area (TPSA) is 48.5 Å². The molecule has 0 radical (unpaired) electrons. The van der Waals surface area contributed by atoms with Crippen molar-refractivity contribution in [3.63, 3.8) is 0 Å². The Kier molecular flexibility index (Phi) is 7.68. The number of aromatic nitrogens is 1. The number of aryl methyl sites for hydroxylation is 2. The quantitative estimate of drug-likeness (QED) is 0.552. The molecule has 2 aromatic heterocycles. The van der Waals surface area contributed by atoms with E-state index < -0.39 is 0 Å². The van der Waals surface area contributed by atoms with E-state index in [0.717, 1.165) is 46.8 Å². The number of nitrogens with zero attached hydrogens (tertiary/aromatic N) is 3. The molecule has 168 valence electrons. The first-order valence-corrected chi connectivity index (χ1v) is 12.2. The molecule has 0 aliphatic carbocycles. The average Bonchev–Trinajstić information content (AvgIpc) is 3.24. The molecular weight excluding hydrogens is 416 g/mol. The number of nitrogens with one attached hydrogen (secondary N) is 1. The lowest BCUT2D eigenvalue weighted by molar-refractivity contribution is -0.115. The van der Waals surface area contributed by atoms with Crippen LogP contribution in [0.2, 0.25) is 0 Å². The van der Waals surface area contributed by atoms with E-state index in [1.165, 1.54) is 31.7 Å². The number of hydrogen-bond acceptors (Lipinski definition) is 5. The van der Waals surface area contributed by atoms with Crippen LogP contribution in [-0.4, -0.2) is 60.5 Å². The maximum atomic E-state index is 12.6. The van der Waals surface area contributed by atoms with E-state index in [0.29, 0.717) is 6.42 Å². The molecule has 0 bridgehead atoms. The highest BCUT2D eigenvalue weighted by Crippen LogP contribution is 2.29. The van der Waals surface area contributed by atoms with Crippen molar-refractivity contribution >= 4 is 22.2 Å². The minimum absolute atomic E-state index is 0.0268. The van der Waals surface area contributed by atoms with Gasteiger partial charge in [-0.25, -0.2) is 0 Å². The van der Waals surface area contributed by atoms with Crippen LogP contribution in [-0.2, 0) is 17.6 Å². The van der Waals surface area contributed by atoms with E-state index in [2.05, 4.69) is 56.8 Å². The van der Waals surface area contributed by atoms with Crippen molar-refractivity contribution in [2.24, 2.45) is 0 Å². The van der Waals surface area contributed by atoms with Crippen LogP contribution in [0.4, 0.5) is 5.00 Å². The molecule has 1 fully saturated rings. The molecule has 1 aliphatic heterocycles. The Bertz CT molecular complexity index is 1040. The van der Waals surface area contributed by atoms with Crippen LogP contribution in [0.1, 0.15) is 23.2 Å². The maximum Gasteiger partial charge on any atom is 0.229 e. The number of piperazine rings is 1. The molecule has 1 aliphatic rings. The summed E-state index contributed by atoms with van der Waals surface area (Å²) in [5.74, 6) is 0.0268. The number of amides is 1. The lowest BCUT2D eigenvalue weighted by Gasteiger charge is -2.32. The number of hydrogen-bond donors (Lipinski definition) is 1. The number of anilines is 1. The molecule has 32 heavy (non-hydrogen) atoms. The first-order valence-electron chi connectivity index (χ1n) is 11.4. The third-order valence-corrected chi connectivity index (χ3v) is 6.83. The van der Waals surface area contributed by atoms with Crippen LogP contribution >= 0.6 is 11.3 Å². The number of likely N-dealkylation sites (N-methyl/N-ethyl adjacent to an activating group) is 1. The Morgan fingerprint density at radius 3 is 2.69 bits per heavy atom. The zero-order valence-corrected chi connectivity index (χ0v) is 19.8. The Morgan fingerprint density at radius 2 is 1.88 bits per heavy atom. The average molecular weight is 449 g/mol. The van der Waals surface area contributed by atoms with Gasteiger partial charge < -0.3 is 15.1 Å². The number of carbonyl (C=O) groups is 1. The minimum Gasteiger partial charge on any atom is -0.317 e. The second-order valence-electron chi connectivity index (χ2n) is 8.68. The summed E-state index contributed by atoms with van der Waals surface area (Å²) in [7, 11) is 2.19. The van der Waals surface area contributed by atoms with Crippen molar-refractivity contribution in [1.82, 2.24) is 14.8 Å². The summed E-state index contributed by atoms with van der Waals surface area (Å²) in [6, 6.07) is 14.6. The summed E-state index contributed by atoms with van der Waals surface area (Å²) >= 11 is 1.56. The molecule has 4 rings (SSSR count). The summed E-state index contributed by atoms with van der Waals surface area (Å²) in [5.41, 5.74) is 5.61. The van der Waals surface area contributed by atoms with Gasteiger partial charge in [-0.3, -0.25) is 9.78 Å². The van der Waals surface area contributed by atoms with E-state index in [1.54, 1.807) is 11.3 Å². The van der Waals surface area contributed by atoms with Crippen LogP contribution in [0.15, 0.2) is 54.0 Å². The predicted octanol–water partition coefficient (Wildman–Crippen LogP) is 4.48. The van der Waals surface area contributed by atoms with Crippen molar-refractivity contribution < 1.29 is 4.79 Å². The summed E-state index contributed by atoms with van der Waals surface area (Å²) in [5, 5.41) is 6.01. The molecule has 0 spiro atoms. The van der Waals surface area contributed by atoms with Crippen molar-refractivity contribution in [3.8, 4) is 11.1 Å². The van der Waals surface area contributed by atoms with Gasteiger partial charge in [0.1, 0.15) is 0 Å². The Balaban J connectivity index is 1.26. The fourth-order valence-electron chi connectivity index (χ4n) is 4.12. The molecule has 1 N–H and O–H groups in total. The second-order valence-corrected chi connectivity index (χ2v) is 9.59. The van der Waals surface area contributed by atoms with E-state index >= 15 is 0 Å². The van der Waals surface area contributed by atoms with Gasteiger partial charge in [-0.2, -0.15) is 0 Å². The number of benzene rings is 1. The van der Waals surface area contributed by atoms with Crippen LogP contribution < -0.4 is 5.32 Å². The Morgan fingerprint density at radius 1 is 1.06 bits per heavy atom. The summed E-state index contributed by atoms with van der Waals surface area (Å²) in [6.45, 7) is 7.80. The number of carbonyl (C=O) groups excluding carboxylic acids is 1. The Hall–Kier alpha value is -2.54. The highest BCUT2D eigenvalue weighted by Gasteiger charge is 2.13. The number of pyridine rings is 1. The van der Waals surface area contributed by atoms with Crippen molar-refractivity contribution in [3.05, 3.63) is 70.9 Å². The van der Waals surface area contributed by atoms with Crippen molar-refractivity contribution in [2.75, 3.05) is 45.1 Å². The number of rotatable bonds is 8. The molecule has 3 aromatic rings. The maximum absolute atomic E-state index is 12.6. The first-order chi connectivity index (χ1) is 15.5. The fraction of sp³-hybridized carbons (Fsp3) is 0.385. The summed E-state index contributed by atoms with van der Waals surface area (Å²) < 4.78 is 0. The lowest BCUT2D eigenvalue weighted by Crippen LogP contribution is -2.44. The largest absolute Gasteiger partial charge is 0.317 e. The van der Waals surface area contributed by atoms with Gasteiger partial charge in [-0.1, -0.05) is 24.3 Å². The molecule has 5 nitrogen and oxygen atoms in total. The molecular formula is C26H32N4OS. The molecule has 0 atom stereocenters. The van der Waals surface area contributed by atoms with Gasteiger partial charge in [0.05, 0.1) is 11.4 Å². The van der Waals surface area contributed by atoms with Crippen LogP contribution in [0.5, 0.6) is 0 Å². The standard InChI is InChI=1S/C26H32N4OS/c1-20-15-23(8-9-27-20)24-18-26(32-19-24)28-25(31)17-22-6-3-5-21(16-22)7-4-10-30-13-11-29(2)12-14-30/h3,5-6,8-9,15-16,18-19H,4,7,10-14,17H2,1-2H3,(H,28,31). The van der Waals surface area contributed by atoms with Crippen molar-refractivity contribution in [2.45, 2.75) is 26.2 Å². The van der Waals surface area contributed by atoms with Gasteiger partial charge >= 0.3 is 0 Å². The monoisotopic (exact) mass is 448 g/mol. The first kappa shape index (κ1) is 22.6. The predicted molar refractivity (Wildman–Crippen MR) is 133 cm³/mol. The van der Waals surface area contributed by atoms with Crippen LogP contribution in [0.3, 0.4) is 0 Å². The third kappa shape index (κ3) is 6.48. The lowest BCUT2D eigenvalue weighted by atomic mass is 10.0. The minimum atomic E-state index is 0.0268. The highest BCUT2D eigenvalue weighted by molar-refractivity contribution is 7.14. The van der Waals surface area contributed by atoms with Gasteiger partial charge in [-0.05, 0) is 73.8 Å². The van der Waals surface area contributed by atoms with Crippen molar-refractivity contribution in [1.29, 1.82) is 0 Å². The molecule has 1 saturated heterocycles. The molecule has 1 aromatic carbocycles. The third-order valence-electron chi connectivity index (χ3n) is 5.98. The van der Waals surface area contributed by atoms with E-state index in [1.807, 2.05) is 31.3 Å².